The van der Waals surface area contributed by atoms with E-state index in [1.54, 1.807) is 35.5 Å². The minimum Gasteiger partial charge on any atom is -0.480 e. The summed E-state index contributed by atoms with van der Waals surface area (Å²) in [5.74, 6) is -1.05. The average Bonchev–Trinajstić information content (AvgIpc) is 3.39. The number of carbonyl (C=O) groups is 3. The summed E-state index contributed by atoms with van der Waals surface area (Å²) in [6, 6.07) is 5.15. The van der Waals surface area contributed by atoms with Gasteiger partial charge >= 0.3 is 0 Å². The van der Waals surface area contributed by atoms with Gasteiger partial charge in [0.25, 0.3) is 17.6 Å². The minimum atomic E-state index is -0.619. The van der Waals surface area contributed by atoms with Crippen molar-refractivity contribution < 1.29 is 19.1 Å². The van der Waals surface area contributed by atoms with Gasteiger partial charge in [-0.2, -0.15) is 0 Å². The molecular formula is C25H23N7O4. The highest BCUT2D eigenvalue weighted by molar-refractivity contribution is 6.45. The van der Waals surface area contributed by atoms with Crippen molar-refractivity contribution in [3.05, 3.63) is 66.0 Å². The van der Waals surface area contributed by atoms with Crippen LogP contribution in [0.25, 0.3) is 22.3 Å². The van der Waals surface area contributed by atoms with Crippen LogP contribution in [0, 0.1) is 6.92 Å². The number of aromatic nitrogens is 5. The Morgan fingerprint density at radius 1 is 0.944 bits per heavy atom. The molecule has 0 saturated carbocycles. The number of methoxy groups -OCH3 is 1. The first kappa shape index (κ1) is 23.1. The van der Waals surface area contributed by atoms with E-state index in [4.69, 9.17) is 4.74 Å². The normalized spacial score (nSPS) is 13.6. The number of nitrogens with one attached hydrogen (secondary N) is 1. The SMILES string of the molecule is COc1cnc(-c2ncc(C)c3c(C(=O)C(=O)N4CCN(C(=O)c5ccccn5)CC4)c[nH]c23)cn1. The molecule has 1 fully saturated rings. The third-order valence-electron chi connectivity index (χ3n) is 6.16. The number of aryl methyl sites for hydroxylation is 1. The van der Waals surface area contributed by atoms with Gasteiger partial charge in [-0.15, -0.1) is 0 Å². The van der Waals surface area contributed by atoms with E-state index in [0.717, 1.165) is 5.56 Å². The summed E-state index contributed by atoms with van der Waals surface area (Å²) in [4.78, 5) is 62.3. The van der Waals surface area contributed by atoms with Crippen molar-refractivity contribution in [3.8, 4) is 17.3 Å². The number of H-pyrrole nitrogens is 1. The molecule has 1 aliphatic rings. The zero-order valence-electron chi connectivity index (χ0n) is 19.8. The maximum atomic E-state index is 13.3. The molecule has 4 aromatic heterocycles. The summed E-state index contributed by atoms with van der Waals surface area (Å²) in [7, 11) is 1.50. The summed E-state index contributed by atoms with van der Waals surface area (Å²) in [5, 5.41) is 0.611. The summed E-state index contributed by atoms with van der Waals surface area (Å²) in [5.41, 5.74) is 2.98. The highest BCUT2D eigenvalue weighted by Gasteiger charge is 2.31. The first-order valence-corrected chi connectivity index (χ1v) is 11.3. The van der Waals surface area contributed by atoms with Crippen LogP contribution in [-0.4, -0.2) is 85.6 Å². The Hall–Kier alpha value is -4.67. The Morgan fingerprint density at radius 3 is 2.39 bits per heavy atom. The lowest BCUT2D eigenvalue weighted by atomic mass is 10.0. The first-order valence-electron chi connectivity index (χ1n) is 11.3. The number of ketones is 1. The van der Waals surface area contributed by atoms with Gasteiger partial charge < -0.3 is 19.5 Å². The predicted molar refractivity (Wildman–Crippen MR) is 129 cm³/mol. The van der Waals surface area contributed by atoms with Gasteiger partial charge in [-0.1, -0.05) is 6.07 Å². The lowest BCUT2D eigenvalue weighted by molar-refractivity contribution is -0.127. The molecule has 4 aromatic rings. The van der Waals surface area contributed by atoms with Gasteiger partial charge in [0.1, 0.15) is 17.1 Å². The zero-order valence-corrected chi connectivity index (χ0v) is 19.8. The van der Waals surface area contributed by atoms with Gasteiger partial charge in [0, 0.05) is 50.2 Å². The number of nitrogens with zero attached hydrogens (tertiary/aromatic N) is 6. The third kappa shape index (κ3) is 4.15. The average molecular weight is 486 g/mol. The monoisotopic (exact) mass is 485 g/mol. The van der Waals surface area contributed by atoms with Crippen LogP contribution in [0.3, 0.4) is 0 Å². The quantitative estimate of drug-likeness (QED) is 0.335. The van der Waals surface area contributed by atoms with Crippen LogP contribution in [0.5, 0.6) is 5.88 Å². The summed E-state index contributed by atoms with van der Waals surface area (Å²) < 4.78 is 5.06. The number of rotatable bonds is 5. The largest absolute Gasteiger partial charge is 0.480 e. The van der Waals surface area contributed by atoms with Crippen LogP contribution in [-0.2, 0) is 4.79 Å². The predicted octanol–water partition coefficient (Wildman–Crippen LogP) is 1.90. The van der Waals surface area contributed by atoms with E-state index in [1.165, 1.54) is 30.6 Å². The molecule has 0 aromatic carbocycles. The molecule has 0 aliphatic carbocycles. The van der Waals surface area contributed by atoms with Crippen LogP contribution >= 0.6 is 0 Å². The second kappa shape index (κ2) is 9.53. The van der Waals surface area contributed by atoms with Crippen LogP contribution in [0.1, 0.15) is 26.4 Å². The van der Waals surface area contributed by atoms with Crippen molar-refractivity contribution in [3.63, 3.8) is 0 Å². The number of pyridine rings is 2. The Morgan fingerprint density at radius 2 is 1.72 bits per heavy atom. The summed E-state index contributed by atoms with van der Waals surface area (Å²) in [6.07, 6.45) is 7.76. The lowest BCUT2D eigenvalue weighted by Gasteiger charge is -2.34. The van der Waals surface area contributed by atoms with Crippen LogP contribution in [0.4, 0.5) is 0 Å². The third-order valence-corrected chi connectivity index (χ3v) is 6.16. The van der Waals surface area contributed by atoms with Crippen LogP contribution in [0.2, 0.25) is 0 Å². The van der Waals surface area contributed by atoms with Crippen molar-refractivity contribution in [2.75, 3.05) is 33.3 Å². The molecule has 2 amide bonds. The second-order valence-electron chi connectivity index (χ2n) is 8.31. The van der Waals surface area contributed by atoms with Crippen molar-refractivity contribution in [2.45, 2.75) is 6.92 Å². The van der Waals surface area contributed by atoms with E-state index < -0.39 is 11.7 Å². The molecule has 11 heteroatoms. The zero-order chi connectivity index (χ0) is 25.2. The van der Waals surface area contributed by atoms with Crippen LogP contribution in [0.15, 0.2) is 49.2 Å². The molecule has 0 radical (unpaired) electrons. The highest BCUT2D eigenvalue weighted by atomic mass is 16.5. The van der Waals surface area contributed by atoms with Gasteiger partial charge in [0.2, 0.25) is 5.88 Å². The highest BCUT2D eigenvalue weighted by Crippen LogP contribution is 2.30. The molecule has 5 heterocycles. The van der Waals surface area contributed by atoms with E-state index in [0.29, 0.717) is 47.0 Å². The number of carbonyl (C=O) groups excluding carboxylic acids is 3. The number of fused-ring (bicyclic) bond motifs is 1. The molecule has 11 nitrogen and oxygen atoms in total. The smallest absolute Gasteiger partial charge is 0.295 e. The maximum absolute atomic E-state index is 13.3. The van der Waals surface area contributed by atoms with Gasteiger partial charge in [-0.25, -0.2) is 9.97 Å². The number of hydrogen-bond acceptors (Lipinski definition) is 8. The van der Waals surface area contributed by atoms with Gasteiger partial charge in [-0.3, -0.25) is 24.4 Å². The Bertz CT molecular complexity index is 1440. The minimum absolute atomic E-state index is 0.192. The van der Waals surface area contributed by atoms with Gasteiger partial charge in [0.15, 0.2) is 0 Å². The molecule has 1 N–H and O–H groups in total. The van der Waals surface area contributed by atoms with Crippen molar-refractivity contribution in [1.29, 1.82) is 0 Å². The van der Waals surface area contributed by atoms with Crippen molar-refractivity contribution in [1.82, 2.24) is 34.7 Å². The fraction of sp³-hybridized carbons (Fsp3) is 0.240. The standard InChI is InChI=1S/C25H23N7O4/c1-15-11-29-21(18-13-28-19(36-2)14-27-18)22-20(15)16(12-30-22)23(33)25(35)32-9-7-31(8-10-32)24(34)17-5-3-4-6-26-17/h3-6,11-14,30H,7-10H2,1-2H3. The maximum Gasteiger partial charge on any atom is 0.295 e. The second-order valence-corrected chi connectivity index (χ2v) is 8.31. The molecule has 5 rings (SSSR count). The summed E-state index contributed by atoms with van der Waals surface area (Å²) >= 11 is 0. The van der Waals surface area contributed by atoms with E-state index in [2.05, 4.69) is 24.9 Å². The molecule has 0 unspecified atom stereocenters. The van der Waals surface area contributed by atoms with E-state index in [1.807, 2.05) is 6.92 Å². The fourth-order valence-corrected chi connectivity index (χ4v) is 4.25. The molecule has 182 valence electrons. The molecule has 0 atom stereocenters. The Balaban J connectivity index is 1.35. The molecule has 1 aliphatic heterocycles. The van der Waals surface area contributed by atoms with E-state index >= 15 is 0 Å². The van der Waals surface area contributed by atoms with Crippen molar-refractivity contribution >= 4 is 28.5 Å². The fourth-order valence-electron chi connectivity index (χ4n) is 4.25. The lowest BCUT2D eigenvalue weighted by Crippen LogP contribution is -2.52. The number of amides is 2. The molecule has 0 bridgehead atoms. The van der Waals surface area contributed by atoms with E-state index in [9.17, 15) is 14.4 Å². The molecular weight excluding hydrogens is 462 g/mol. The van der Waals surface area contributed by atoms with Gasteiger partial charge in [-0.05, 0) is 24.6 Å². The molecule has 36 heavy (non-hydrogen) atoms. The van der Waals surface area contributed by atoms with Crippen LogP contribution < -0.4 is 4.74 Å². The van der Waals surface area contributed by atoms with E-state index in [-0.39, 0.29) is 24.6 Å². The Labute approximate surface area is 206 Å². The number of hydrogen-bond donors (Lipinski definition) is 1. The number of piperazine rings is 1. The molecule has 0 spiro atoms. The van der Waals surface area contributed by atoms with Crippen molar-refractivity contribution in [2.24, 2.45) is 0 Å². The first-order chi connectivity index (χ1) is 17.5. The number of Topliss-reactive ketones (excluding diaryl/α,β-unsaturated/α-hetero) is 1. The topological polar surface area (TPSA) is 134 Å². The number of aromatic amines is 1. The number of ether oxygens (including phenoxy) is 1. The van der Waals surface area contributed by atoms with Gasteiger partial charge in [0.05, 0.1) is 30.6 Å². The molecule has 1 saturated heterocycles. The Kier molecular flexibility index (Phi) is 6.11. The summed E-state index contributed by atoms with van der Waals surface area (Å²) in [6.45, 7) is 3.00.